The molecule has 0 bridgehead atoms. The number of aliphatic hydroxyl groups is 1. The van der Waals surface area contributed by atoms with E-state index < -0.39 is 29.6 Å². The Morgan fingerprint density at radius 2 is 1.60 bits per heavy atom. The quantitative estimate of drug-likeness (QED) is 0.231. The number of hydrogen-bond donors (Lipinski definition) is 2. The van der Waals surface area contributed by atoms with Gasteiger partial charge >= 0.3 is 11.9 Å². The number of nitrogens with zero attached hydrogens (tertiary/aromatic N) is 9. The molecule has 364 valence electrons. The van der Waals surface area contributed by atoms with E-state index in [1.54, 1.807) is 34.9 Å². The molecule has 10 rings (SSSR count). The minimum absolute atomic E-state index is 0.0953. The number of imide groups is 1. The van der Waals surface area contributed by atoms with Crippen LogP contribution in [0.15, 0.2) is 70.6 Å². The Kier molecular flexibility index (Phi) is 13.2. The van der Waals surface area contributed by atoms with Crippen LogP contribution in [-0.2, 0) is 34.2 Å². The van der Waals surface area contributed by atoms with Crippen molar-refractivity contribution in [1.82, 2.24) is 48.6 Å². The van der Waals surface area contributed by atoms with Crippen LogP contribution in [0.2, 0.25) is 0 Å². The molecule has 2 N–H and O–H groups in total. The SMILES string of the molecule is Cn1cnnc1[C@H](O)C1=CC(n2cc3c(C(F)(F)F)cc(CN4CCC(CCN5CCC(CC6CCN(C7C=C8CN(C9CCC(=O)NC9=O)C(=O)C8=CC7)CC6)CC5)CC4)cn3c2=O)=CCC1. The number of alkyl halides is 3. The number of halogens is 3. The first-order valence-corrected chi connectivity index (χ1v) is 24.8. The van der Waals surface area contributed by atoms with E-state index in [0.29, 0.717) is 60.9 Å². The highest BCUT2D eigenvalue weighted by molar-refractivity contribution is 6.07. The number of nitrogens with one attached hydrogen (secondary N) is 1. The van der Waals surface area contributed by atoms with Crippen molar-refractivity contribution in [3.63, 3.8) is 0 Å². The number of hydrogen-bond acceptors (Lipinski definition) is 10. The van der Waals surface area contributed by atoms with Gasteiger partial charge in [-0.1, -0.05) is 18.2 Å². The molecular weight excluding hydrogens is 878 g/mol. The Morgan fingerprint density at radius 3 is 2.31 bits per heavy atom. The number of amides is 3. The average Bonchev–Trinajstić information content (AvgIpc) is 4.02. The van der Waals surface area contributed by atoms with Gasteiger partial charge < -0.3 is 19.5 Å². The molecule has 7 aliphatic rings. The lowest BCUT2D eigenvalue weighted by Gasteiger charge is -2.39. The molecule has 0 spiro atoms. The molecule has 5 aliphatic heterocycles. The zero-order valence-corrected chi connectivity index (χ0v) is 38.9. The molecule has 3 aromatic rings. The summed E-state index contributed by atoms with van der Waals surface area (Å²) in [5, 5.41) is 21.2. The summed E-state index contributed by atoms with van der Waals surface area (Å²) in [6.45, 7) is 7.82. The molecule has 0 aromatic carbocycles. The van der Waals surface area contributed by atoms with E-state index in [0.717, 1.165) is 98.9 Å². The van der Waals surface area contributed by atoms with Crippen LogP contribution in [0.3, 0.4) is 0 Å². The number of imidazole rings is 1. The standard InChI is InChI=1S/C50H63F3N10O5/c1-57-31-54-56-46(57)45(65)36-3-2-4-39(25-36)61-30-43-41(50(51,52)53)24-35(28-63(43)49(61)68)27-59-19-10-32(11-20-59)9-16-58-17-12-33(13-18-58)23-34-14-21-60(22-15-34)38-5-6-40-37(26-38)29-62(48(40)67)42-7-8-44(64)55-47(42)66/h4,6,24-26,28,30-34,38,42,45,65H,2-3,5,7-23,27,29H2,1H3,(H,55,64,66)/t38?,42?,45-/m1/s1. The van der Waals surface area contributed by atoms with Crippen molar-refractivity contribution in [3.05, 3.63) is 93.2 Å². The predicted octanol–water partition coefficient (Wildman–Crippen LogP) is 5.23. The van der Waals surface area contributed by atoms with Crippen LogP contribution in [0.1, 0.15) is 107 Å². The molecule has 0 radical (unpaired) electrons. The van der Waals surface area contributed by atoms with Gasteiger partial charge in [0.25, 0.3) is 5.91 Å². The van der Waals surface area contributed by atoms with E-state index in [1.807, 2.05) is 0 Å². The fourth-order valence-electron chi connectivity index (χ4n) is 12.1. The Hall–Kier alpha value is -5.17. The van der Waals surface area contributed by atoms with Crippen LogP contribution < -0.4 is 11.0 Å². The van der Waals surface area contributed by atoms with Gasteiger partial charge in [-0.15, -0.1) is 10.2 Å². The summed E-state index contributed by atoms with van der Waals surface area (Å²) in [6.07, 6.45) is 18.1. The zero-order chi connectivity index (χ0) is 47.3. The van der Waals surface area contributed by atoms with Gasteiger partial charge in [-0.3, -0.25) is 38.5 Å². The number of allylic oxidation sites excluding steroid dienone is 3. The minimum atomic E-state index is -4.66. The molecule has 3 amide bonds. The van der Waals surface area contributed by atoms with E-state index in [4.69, 9.17) is 0 Å². The zero-order valence-electron chi connectivity index (χ0n) is 38.9. The third kappa shape index (κ3) is 9.70. The summed E-state index contributed by atoms with van der Waals surface area (Å²) < 4.78 is 47.7. The summed E-state index contributed by atoms with van der Waals surface area (Å²) in [5.41, 5.74) is 1.56. The Labute approximate surface area is 394 Å². The molecule has 8 heterocycles. The molecule has 5 saturated heterocycles. The fraction of sp³-hybridized carbons (Fsp3) is 0.600. The molecule has 3 aromatic heterocycles. The number of fused-ring (bicyclic) bond motifs is 2. The highest BCUT2D eigenvalue weighted by Crippen LogP contribution is 2.38. The summed E-state index contributed by atoms with van der Waals surface area (Å²) >= 11 is 0. The number of aliphatic hydroxyl groups excluding tert-OH is 1. The van der Waals surface area contributed by atoms with Gasteiger partial charge in [0, 0.05) is 56.3 Å². The van der Waals surface area contributed by atoms with Gasteiger partial charge in [0.15, 0.2) is 5.82 Å². The van der Waals surface area contributed by atoms with Gasteiger partial charge in [-0.2, -0.15) is 13.2 Å². The van der Waals surface area contributed by atoms with Crippen LogP contribution in [-0.4, -0.2) is 131 Å². The third-order valence-electron chi connectivity index (χ3n) is 16.0. The summed E-state index contributed by atoms with van der Waals surface area (Å²) in [7, 11) is 1.72. The Balaban J connectivity index is 0.660. The number of pyridine rings is 1. The average molecular weight is 941 g/mol. The van der Waals surface area contributed by atoms with E-state index in [2.05, 4.69) is 42.4 Å². The van der Waals surface area contributed by atoms with Crippen molar-refractivity contribution in [2.24, 2.45) is 24.8 Å². The molecule has 5 fully saturated rings. The van der Waals surface area contributed by atoms with Crippen LogP contribution in [0.5, 0.6) is 0 Å². The molecule has 68 heavy (non-hydrogen) atoms. The smallest absolute Gasteiger partial charge is 0.381 e. The second kappa shape index (κ2) is 19.3. The Morgan fingerprint density at radius 1 is 0.882 bits per heavy atom. The van der Waals surface area contributed by atoms with E-state index >= 15 is 0 Å². The normalized spacial score (nSPS) is 25.1. The lowest BCUT2D eigenvalue weighted by molar-refractivity contribution is -0.142. The first-order chi connectivity index (χ1) is 32.7. The lowest BCUT2D eigenvalue weighted by Crippen LogP contribution is -2.52. The largest absolute Gasteiger partial charge is 0.418 e. The van der Waals surface area contributed by atoms with Crippen LogP contribution in [0.4, 0.5) is 13.2 Å². The van der Waals surface area contributed by atoms with Gasteiger partial charge in [0.05, 0.1) is 11.1 Å². The molecule has 2 aliphatic carbocycles. The second-order valence-corrected chi connectivity index (χ2v) is 20.4. The molecule has 15 nitrogen and oxygen atoms in total. The number of carbonyl (C=O) groups excluding carboxylic acids is 3. The van der Waals surface area contributed by atoms with Crippen LogP contribution in [0, 0.1) is 17.8 Å². The van der Waals surface area contributed by atoms with Crippen LogP contribution >= 0.6 is 0 Å². The van der Waals surface area contributed by atoms with E-state index in [9.17, 15) is 37.5 Å². The van der Waals surface area contributed by atoms with Crippen molar-refractivity contribution in [2.45, 2.75) is 114 Å². The number of aromatic nitrogens is 5. The summed E-state index contributed by atoms with van der Waals surface area (Å²) in [6, 6.07) is 0.876. The topological polar surface area (TPSA) is 154 Å². The molecule has 0 saturated carbocycles. The van der Waals surface area contributed by atoms with Crippen molar-refractivity contribution in [1.29, 1.82) is 0 Å². The molecule has 3 atom stereocenters. The molecule has 18 heteroatoms. The maximum Gasteiger partial charge on any atom is 0.418 e. The molecular formula is C50H63F3N10O5. The fourth-order valence-corrected chi connectivity index (χ4v) is 12.1. The van der Waals surface area contributed by atoms with Crippen molar-refractivity contribution in [3.8, 4) is 0 Å². The highest BCUT2D eigenvalue weighted by atomic mass is 19.4. The van der Waals surface area contributed by atoms with Gasteiger partial charge in [-0.05, 0) is 169 Å². The minimum Gasteiger partial charge on any atom is -0.381 e. The van der Waals surface area contributed by atoms with Gasteiger partial charge in [0.2, 0.25) is 11.8 Å². The number of likely N-dealkylation sites (tertiary alicyclic amines) is 4. The van der Waals surface area contributed by atoms with E-state index in [1.165, 1.54) is 55.3 Å². The lowest BCUT2D eigenvalue weighted by atomic mass is 9.82. The Bertz CT molecular complexity index is 2600. The first-order valence-electron chi connectivity index (χ1n) is 24.8. The molecule has 2 unspecified atom stereocenters. The van der Waals surface area contributed by atoms with Crippen molar-refractivity contribution in [2.75, 3.05) is 52.4 Å². The second-order valence-electron chi connectivity index (χ2n) is 20.4. The van der Waals surface area contributed by atoms with E-state index in [-0.39, 0.29) is 35.7 Å². The van der Waals surface area contributed by atoms with Crippen LogP contribution in [0.25, 0.3) is 11.2 Å². The number of carbonyl (C=O) groups is 3. The maximum absolute atomic E-state index is 14.6. The van der Waals surface area contributed by atoms with Crippen molar-refractivity contribution >= 4 is 28.9 Å². The first kappa shape index (κ1) is 46.6. The summed E-state index contributed by atoms with van der Waals surface area (Å²) in [4.78, 5) is 60.2. The van der Waals surface area contributed by atoms with Gasteiger partial charge in [-0.25, -0.2) is 4.79 Å². The highest BCUT2D eigenvalue weighted by Gasteiger charge is 2.42. The maximum atomic E-state index is 14.6. The monoisotopic (exact) mass is 940 g/mol. The van der Waals surface area contributed by atoms with Crippen molar-refractivity contribution < 1.29 is 32.7 Å². The number of rotatable bonds is 12. The number of piperidine rings is 4. The number of aryl methyl sites for hydroxylation is 1. The third-order valence-corrected chi connectivity index (χ3v) is 16.0. The van der Waals surface area contributed by atoms with Gasteiger partial charge in [0.1, 0.15) is 18.5 Å². The predicted molar refractivity (Wildman–Crippen MR) is 247 cm³/mol. The summed E-state index contributed by atoms with van der Waals surface area (Å²) in [5.74, 6) is 1.67.